The summed E-state index contributed by atoms with van der Waals surface area (Å²) in [5.41, 5.74) is 2.80. The summed E-state index contributed by atoms with van der Waals surface area (Å²) < 4.78 is 0. The summed E-state index contributed by atoms with van der Waals surface area (Å²) in [6.07, 6.45) is 2.69. The third-order valence-corrected chi connectivity index (χ3v) is 3.59. The summed E-state index contributed by atoms with van der Waals surface area (Å²) in [5.74, 6) is 0.466. The SMILES string of the molecule is c1ccc(C(CNC2CC2)c2ccccc2)cc1. The van der Waals surface area contributed by atoms with E-state index >= 15 is 0 Å². The van der Waals surface area contributed by atoms with Gasteiger partial charge in [-0.2, -0.15) is 0 Å². The molecule has 0 bridgehead atoms. The Kier molecular flexibility index (Phi) is 3.42. The van der Waals surface area contributed by atoms with Crippen LogP contribution in [-0.2, 0) is 0 Å². The normalized spacial score (nSPS) is 14.9. The highest BCUT2D eigenvalue weighted by atomic mass is 14.9. The van der Waals surface area contributed by atoms with Gasteiger partial charge in [0.1, 0.15) is 0 Å². The van der Waals surface area contributed by atoms with Crippen molar-refractivity contribution < 1.29 is 0 Å². The second kappa shape index (κ2) is 5.36. The minimum atomic E-state index is 0.466. The first kappa shape index (κ1) is 11.5. The van der Waals surface area contributed by atoms with Crippen molar-refractivity contribution in [3.8, 4) is 0 Å². The minimum Gasteiger partial charge on any atom is -0.313 e. The zero-order chi connectivity index (χ0) is 12.2. The number of hydrogen-bond acceptors (Lipinski definition) is 1. The lowest BCUT2D eigenvalue weighted by Gasteiger charge is -2.18. The molecule has 0 aromatic heterocycles. The van der Waals surface area contributed by atoms with Gasteiger partial charge in [-0.25, -0.2) is 0 Å². The van der Waals surface area contributed by atoms with Gasteiger partial charge in [-0.15, -0.1) is 0 Å². The molecular weight excluding hydrogens is 218 g/mol. The van der Waals surface area contributed by atoms with Gasteiger partial charge in [0.25, 0.3) is 0 Å². The molecule has 1 fully saturated rings. The summed E-state index contributed by atoms with van der Waals surface area (Å²) >= 11 is 0. The average Bonchev–Trinajstić information content (AvgIpc) is 3.26. The molecule has 2 aromatic carbocycles. The monoisotopic (exact) mass is 237 g/mol. The molecule has 0 amide bonds. The molecule has 92 valence electrons. The van der Waals surface area contributed by atoms with Gasteiger partial charge in [-0.1, -0.05) is 60.7 Å². The first-order valence-corrected chi connectivity index (χ1v) is 6.77. The Morgan fingerprint density at radius 1 is 0.833 bits per heavy atom. The van der Waals surface area contributed by atoms with Crippen LogP contribution in [-0.4, -0.2) is 12.6 Å². The summed E-state index contributed by atoms with van der Waals surface area (Å²) in [5, 5.41) is 3.65. The Bertz CT molecular complexity index is 434. The predicted molar refractivity (Wildman–Crippen MR) is 75.8 cm³/mol. The molecule has 1 aliphatic carbocycles. The van der Waals surface area contributed by atoms with Crippen molar-refractivity contribution in [1.82, 2.24) is 5.32 Å². The van der Waals surface area contributed by atoms with Crippen LogP contribution in [0.3, 0.4) is 0 Å². The summed E-state index contributed by atoms with van der Waals surface area (Å²) in [6, 6.07) is 22.4. The lowest BCUT2D eigenvalue weighted by atomic mass is 9.91. The number of nitrogens with one attached hydrogen (secondary N) is 1. The second-order valence-corrected chi connectivity index (χ2v) is 5.06. The first-order chi connectivity index (χ1) is 8.93. The molecule has 18 heavy (non-hydrogen) atoms. The molecule has 2 aromatic rings. The van der Waals surface area contributed by atoms with Gasteiger partial charge in [0.15, 0.2) is 0 Å². The Hall–Kier alpha value is -1.60. The van der Waals surface area contributed by atoms with E-state index in [4.69, 9.17) is 0 Å². The lowest BCUT2D eigenvalue weighted by molar-refractivity contribution is 0.632. The molecule has 0 unspecified atom stereocenters. The highest BCUT2D eigenvalue weighted by Crippen LogP contribution is 2.26. The maximum atomic E-state index is 3.65. The summed E-state index contributed by atoms with van der Waals surface area (Å²) in [6.45, 7) is 1.04. The Morgan fingerprint density at radius 3 is 1.78 bits per heavy atom. The third kappa shape index (κ3) is 2.80. The van der Waals surface area contributed by atoms with E-state index in [0.717, 1.165) is 12.6 Å². The predicted octanol–water partition coefficient (Wildman–Crippen LogP) is 3.57. The minimum absolute atomic E-state index is 0.466. The van der Waals surface area contributed by atoms with Gasteiger partial charge >= 0.3 is 0 Å². The topological polar surface area (TPSA) is 12.0 Å². The number of hydrogen-bond donors (Lipinski definition) is 1. The summed E-state index contributed by atoms with van der Waals surface area (Å²) in [4.78, 5) is 0. The van der Waals surface area contributed by atoms with Gasteiger partial charge in [-0.05, 0) is 24.0 Å². The quantitative estimate of drug-likeness (QED) is 0.838. The van der Waals surface area contributed by atoms with Crippen LogP contribution < -0.4 is 5.32 Å². The third-order valence-electron chi connectivity index (χ3n) is 3.59. The summed E-state index contributed by atoms with van der Waals surface area (Å²) in [7, 11) is 0. The van der Waals surface area contributed by atoms with Crippen LogP contribution in [0.1, 0.15) is 29.9 Å². The van der Waals surface area contributed by atoms with Gasteiger partial charge in [-0.3, -0.25) is 0 Å². The highest BCUT2D eigenvalue weighted by molar-refractivity contribution is 5.32. The van der Waals surface area contributed by atoms with E-state index in [-0.39, 0.29) is 0 Å². The van der Waals surface area contributed by atoms with Crippen LogP contribution in [0.5, 0.6) is 0 Å². The lowest BCUT2D eigenvalue weighted by Crippen LogP contribution is -2.24. The van der Waals surface area contributed by atoms with E-state index in [1.165, 1.54) is 24.0 Å². The van der Waals surface area contributed by atoms with E-state index in [1.807, 2.05) is 0 Å². The molecule has 1 nitrogen and oxygen atoms in total. The van der Waals surface area contributed by atoms with E-state index < -0.39 is 0 Å². The smallest absolute Gasteiger partial charge is 0.0214 e. The molecule has 0 saturated heterocycles. The highest BCUT2D eigenvalue weighted by Gasteiger charge is 2.22. The zero-order valence-electron chi connectivity index (χ0n) is 10.5. The van der Waals surface area contributed by atoms with E-state index in [9.17, 15) is 0 Å². The van der Waals surface area contributed by atoms with Crippen LogP contribution in [0.25, 0.3) is 0 Å². The van der Waals surface area contributed by atoms with Crippen molar-refractivity contribution in [3.05, 3.63) is 71.8 Å². The average molecular weight is 237 g/mol. The van der Waals surface area contributed by atoms with Crippen molar-refractivity contribution >= 4 is 0 Å². The fraction of sp³-hybridized carbons (Fsp3) is 0.294. The van der Waals surface area contributed by atoms with Crippen molar-refractivity contribution in [1.29, 1.82) is 0 Å². The van der Waals surface area contributed by atoms with Crippen LogP contribution in [0, 0.1) is 0 Å². The molecule has 0 heterocycles. The van der Waals surface area contributed by atoms with E-state index in [0.29, 0.717) is 5.92 Å². The molecular formula is C17H19N. The van der Waals surface area contributed by atoms with Crippen molar-refractivity contribution in [3.63, 3.8) is 0 Å². The fourth-order valence-corrected chi connectivity index (χ4v) is 2.37. The van der Waals surface area contributed by atoms with Gasteiger partial charge in [0.05, 0.1) is 0 Å². The first-order valence-electron chi connectivity index (χ1n) is 6.77. The second-order valence-electron chi connectivity index (χ2n) is 5.06. The van der Waals surface area contributed by atoms with Crippen LogP contribution in [0.15, 0.2) is 60.7 Å². The number of benzene rings is 2. The molecule has 3 rings (SSSR count). The molecule has 0 atom stereocenters. The van der Waals surface area contributed by atoms with Gasteiger partial charge in [0.2, 0.25) is 0 Å². The van der Waals surface area contributed by atoms with Crippen molar-refractivity contribution in [2.24, 2.45) is 0 Å². The largest absolute Gasteiger partial charge is 0.313 e. The van der Waals surface area contributed by atoms with Crippen LogP contribution in [0.4, 0.5) is 0 Å². The molecule has 0 aliphatic heterocycles. The van der Waals surface area contributed by atoms with E-state index in [1.54, 1.807) is 0 Å². The molecule has 1 N–H and O–H groups in total. The Balaban J connectivity index is 1.83. The van der Waals surface area contributed by atoms with Gasteiger partial charge < -0.3 is 5.32 Å². The van der Waals surface area contributed by atoms with Gasteiger partial charge in [0, 0.05) is 18.5 Å². The van der Waals surface area contributed by atoms with Crippen LogP contribution in [0.2, 0.25) is 0 Å². The number of rotatable bonds is 5. The van der Waals surface area contributed by atoms with Crippen molar-refractivity contribution in [2.75, 3.05) is 6.54 Å². The maximum Gasteiger partial charge on any atom is 0.0214 e. The zero-order valence-corrected chi connectivity index (χ0v) is 10.5. The fourth-order valence-electron chi connectivity index (χ4n) is 2.37. The molecule has 1 aliphatic rings. The molecule has 0 radical (unpaired) electrons. The molecule has 1 saturated carbocycles. The molecule has 1 heteroatoms. The Morgan fingerprint density at radius 2 is 1.33 bits per heavy atom. The van der Waals surface area contributed by atoms with Crippen molar-refractivity contribution in [2.45, 2.75) is 24.8 Å². The standard InChI is InChI=1S/C17H19N/c1-3-7-14(8-4-1)17(13-18-16-11-12-16)15-9-5-2-6-10-15/h1-10,16-18H,11-13H2. The van der Waals surface area contributed by atoms with Crippen LogP contribution >= 0.6 is 0 Å². The Labute approximate surface area is 109 Å². The van der Waals surface area contributed by atoms with E-state index in [2.05, 4.69) is 66.0 Å². The molecule has 0 spiro atoms. The maximum absolute atomic E-state index is 3.65.